The fourth-order valence-corrected chi connectivity index (χ4v) is 5.94. The molecule has 1 saturated carbocycles. The predicted octanol–water partition coefficient (Wildman–Crippen LogP) is 5.75. The highest BCUT2D eigenvalue weighted by Crippen LogP contribution is 2.26. The molecule has 1 N–H and O–H groups in total. The summed E-state index contributed by atoms with van der Waals surface area (Å²) in [7, 11) is -3.79. The third-order valence-electron chi connectivity index (χ3n) is 7.00. The molecular weight excluding hydrogens is 545 g/mol. The predicted molar refractivity (Wildman–Crippen MR) is 154 cm³/mol. The van der Waals surface area contributed by atoms with Gasteiger partial charge >= 0.3 is 0 Å². The first-order chi connectivity index (χ1) is 17.9. The molecule has 0 radical (unpaired) electrons. The number of hydrogen-bond donors (Lipinski definition) is 1. The average Bonchev–Trinajstić information content (AvgIpc) is 2.86. The van der Waals surface area contributed by atoms with E-state index in [1.807, 2.05) is 26.0 Å². The summed E-state index contributed by atoms with van der Waals surface area (Å²) in [6.45, 7) is 5.32. The maximum absolute atomic E-state index is 13.7. The van der Waals surface area contributed by atoms with Crippen LogP contribution in [0.4, 0.5) is 5.69 Å². The lowest BCUT2D eigenvalue weighted by molar-refractivity contribution is -0.139. The van der Waals surface area contributed by atoms with Gasteiger partial charge in [0.1, 0.15) is 12.6 Å². The highest BCUT2D eigenvalue weighted by atomic mass is 35.5. The number of hydrogen-bond acceptors (Lipinski definition) is 4. The van der Waals surface area contributed by atoms with E-state index in [1.54, 1.807) is 37.3 Å². The van der Waals surface area contributed by atoms with Gasteiger partial charge in [-0.2, -0.15) is 0 Å². The zero-order valence-electron chi connectivity index (χ0n) is 22.4. The Morgan fingerprint density at radius 1 is 1.00 bits per heavy atom. The number of nitrogens with zero attached hydrogens (tertiary/aromatic N) is 2. The Labute approximate surface area is 236 Å². The minimum atomic E-state index is -3.79. The van der Waals surface area contributed by atoms with Crippen molar-refractivity contribution in [2.24, 2.45) is 0 Å². The lowest BCUT2D eigenvalue weighted by Crippen LogP contribution is -2.53. The lowest BCUT2D eigenvalue weighted by atomic mass is 9.95. The SMILES string of the molecule is CC(C)c1ccc(N(CC(=O)N(Cc2ccc(Cl)cc2Cl)[C@H](C)C(=O)NC2CCCCC2)S(C)(=O)=O)cc1. The molecule has 0 unspecified atom stereocenters. The summed E-state index contributed by atoms with van der Waals surface area (Å²) in [5.74, 6) is -0.510. The van der Waals surface area contributed by atoms with Gasteiger partial charge in [0.2, 0.25) is 21.8 Å². The van der Waals surface area contributed by atoms with Crippen LogP contribution in [0.15, 0.2) is 42.5 Å². The van der Waals surface area contributed by atoms with Crippen LogP contribution < -0.4 is 9.62 Å². The van der Waals surface area contributed by atoms with Crippen LogP contribution in [-0.4, -0.2) is 50.0 Å². The van der Waals surface area contributed by atoms with E-state index in [0.29, 0.717) is 21.3 Å². The van der Waals surface area contributed by atoms with E-state index >= 15 is 0 Å². The molecular formula is C28H37Cl2N3O4S. The number of nitrogens with one attached hydrogen (secondary N) is 1. The average molecular weight is 583 g/mol. The van der Waals surface area contributed by atoms with Crippen molar-refractivity contribution in [2.45, 2.75) is 77.4 Å². The molecule has 1 atom stereocenters. The number of carbonyl (C=O) groups excluding carboxylic acids is 2. The van der Waals surface area contributed by atoms with Crippen molar-refractivity contribution in [3.8, 4) is 0 Å². The Morgan fingerprint density at radius 3 is 2.18 bits per heavy atom. The third kappa shape index (κ3) is 8.10. The van der Waals surface area contributed by atoms with E-state index in [1.165, 1.54) is 4.90 Å². The molecule has 1 aliphatic carbocycles. The molecule has 0 spiro atoms. The molecule has 0 aliphatic heterocycles. The minimum absolute atomic E-state index is 0.0258. The zero-order valence-corrected chi connectivity index (χ0v) is 24.7. The van der Waals surface area contributed by atoms with Crippen molar-refractivity contribution in [1.82, 2.24) is 10.2 Å². The quantitative estimate of drug-likeness (QED) is 0.387. The van der Waals surface area contributed by atoms with Gasteiger partial charge in [0.05, 0.1) is 11.9 Å². The monoisotopic (exact) mass is 581 g/mol. The molecule has 10 heteroatoms. The molecule has 1 aliphatic rings. The van der Waals surface area contributed by atoms with Crippen molar-refractivity contribution in [3.05, 3.63) is 63.6 Å². The first kappa shape index (κ1) is 30.3. The van der Waals surface area contributed by atoms with Crippen LogP contribution in [0, 0.1) is 0 Å². The molecule has 1 fully saturated rings. The second-order valence-electron chi connectivity index (χ2n) is 10.3. The maximum Gasteiger partial charge on any atom is 0.244 e. The van der Waals surface area contributed by atoms with E-state index in [9.17, 15) is 18.0 Å². The topological polar surface area (TPSA) is 86.8 Å². The summed E-state index contributed by atoms with van der Waals surface area (Å²) in [6, 6.07) is 11.3. The van der Waals surface area contributed by atoms with Crippen LogP contribution >= 0.6 is 23.2 Å². The molecule has 0 bridgehead atoms. The Hall–Kier alpha value is -2.29. The van der Waals surface area contributed by atoms with Gasteiger partial charge in [0.15, 0.2) is 0 Å². The molecule has 2 aromatic carbocycles. The molecule has 3 rings (SSSR count). The second kappa shape index (κ2) is 13.2. The Balaban J connectivity index is 1.89. The van der Waals surface area contributed by atoms with Gasteiger partial charge in [0, 0.05) is 22.6 Å². The summed E-state index contributed by atoms with van der Waals surface area (Å²) >= 11 is 12.5. The van der Waals surface area contributed by atoms with Crippen LogP contribution in [-0.2, 0) is 26.2 Å². The summed E-state index contributed by atoms with van der Waals surface area (Å²) in [5.41, 5.74) is 2.04. The van der Waals surface area contributed by atoms with Gasteiger partial charge in [-0.15, -0.1) is 0 Å². The van der Waals surface area contributed by atoms with Crippen molar-refractivity contribution in [1.29, 1.82) is 0 Å². The van der Waals surface area contributed by atoms with Crippen molar-refractivity contribution in [3.63, 3.8) is 0 Å². The second-order valence-corrected chi connectivity index (χ2v) is 13.0. The van der Waals surface area contributed by atoms with Gasteiger partial charge in [-0.05, 0) is 61.1 Å². The summed E-state index contributed by atoms with van der Waals surface area (Å²) in [6.07, 6.45) is 6.15. The van der Waals surface area contributed by atoms with Gasteiger partial charge in [-0.3, -0.25) is 13.9 Å². The third-order valence-corrected chi connectivity index (χ3v) is 8.73. The largest absolute Gasteiger partial charge is 0.352 e. The molecule has 0 heterocycles. The van der Waals surface area contributed by atoms with Gasteiger partial charge in [0.25, 0.3) is 0 Å². The van der Waals surface area contributed by atoms with Crippen molar-refractivity contribution in [2.75, 3.05) is 17.1 Å². The van der Waals surface area contributed by atoms with Gasteiger partial charge in [-0.1, -0.05) is 74.5 Å². The normalized spacial score (nSPS) is 15.2. The minimum Gasteiger partial charge on any atom is -0.352 e. The van der Waals surface area contributed by atoms with Crippen LogP contribution in [0.2, 0.25) is 10.0 Å². The summed E-state index contributed by atoms with van der Waals surface area (Å²) < 4.78 is 26.6. The van der Waals surface area contributed by atoms with E-state index in [4.69, 9.17) is 23.2 Å². The lowest BCUT2D eigenvalue weighted by Gasteiger charge is -2.33. The van der Waals surface area contributed by atoms with Crippen molar-refractivity contribution < 1.29 is 18.0 Å². The standard InChI is InChI=1S/C28H37Cl2N3O4S/c1-19(2)21-11-14-25(15-12-21)33(38(4,36)37)18-27(34)32(17-22-10-13-23(29)16-26(22)30)20(3)28(35)31-24-8-6-5-7-9-24/h10-16,19-20,24H,5-9,17-18H2,1-4H3,(H,31,35)/t20-/m1/s1. The zero-order chi connectivity index (χ0) is 28.0. The van der Waals surface area contributed by atoms with Crippen molar-refractivity contribution >= 4 is 50.7 Å². The van der Waals surface area contributed by atoms with Crippen LogP contribution in [0.3, 0.4) is 0 Å². The number of halogens is 2. The van der Waals surface area contributed by atoms with Crippen LogP contribution in [0.25, 0.3) is 0 Å². The smallest absolute Gasteiger partial charge is 0.244 e. The number of benzene rings is 2. The van der Waals surface area contributed by atoms with Crippen LogP contribution in [0.1, 0.15) is 69.9 Å². The molecule has 0 aromatic heterocycles. The fraction of sp³-hybridized carbons (Fsp3) is 0.500. The Bertz CT molecular complexity index is 1230. The molecule has 208 valence electrons. The molecule has 7 nitrogen and oxygen atoms in total. The number of rotatable bonds is 10. The van der Waals surface area contributed by atoms with E-state index < -0.39 is 28.5 Å². The molecule has 38 heavy (non-hydrogen) atoms. The first-order valence-electron chi connectivity index (χ1n) is 13.0. The molecule has 2 aromatic rings. The van der Waals surface area contributed by atoms with E-state index in [2.05, 4.69) is 5.32 Å². The highest BCUT2D eigenvalue weighted by molar-refractivity contribution is 7.92. The maximum atomic E-state index is 13.7. The Kier molecular flexibility index (Phi) is 10.5. The summed E-state index contributed by atoms with van der Waals surface area (Å²) in [4.78, 5) is 28.4. The van der Waals surface area contributed by atoms with Gasteiger partial charge in [-0.25, -0.2) is 8.42 Å². The van der Waals surface area contributed by atoms with E-state index in [0.717, 1.165) is 48.2 Å². The first-order valence-corrected chi connectivity index (χ1v) is 15.6. The summed E-state index contributed by atoms with van der Waals surface area (Å²) in [5, 5.41) is 3.89. The number of anilines is 1. The van der Waals surface area contributed by atoms with Crippen LogP contribution in [0.5, 0.6) is 0 Å². The fourth-order valence-electron chi connectivity index (χ4n) is 4.62. The highest BCUT2D eigenvalue weighted by Gasteiger charge is 2.31. The van der Waals surface area contributed by atoms with E-state index in [-0.39, 0.29) is 24.4 Å². The number of carbonyl (C=O) groups is 2. The molecule has 2 amide bonds. The van der Waals surface area contributed by atoms with Gasteiger partial charge < -0.3 is 10.2 Å². The number of amides is 2. The number of sulfonamides is 1. The molecule has 0 saturated heterocycles. The Morgan fingerprint density at radius 2 is 1.63 bits per heavy atom.